The maximum absolute atomic E-state index is 12.5. The van der Waals surface area contributed by atoms with Crippen LogP contribution in [0.2, 0.25) is 0 Å². The van der Waals surface area contributed by atoms with E-state index in [-0.39, 0.29) is 69.8 Å². The van der Waals surface area contributed by atoms with Crippen LogP contribution in [-0.2, 0) is 12.8 Å². The van der Waals surface area contributed by atoms with Crippen molar-refractivity contribution >= 4 is 21.5 Å². The second-order valence-corrected chi connectivity index (χ2v) is 15.8. The van der Waals surface area contributed by atoms with Crippen molar-refractivity contribution in [2.75, 3.05) is 14.2 Å². The summed E-state index contributed by atoms with van der Waals surface area (Å²) < 4.78 is 11.8. The van der Waals surface area contributed by atoms with Crippen LogP contribution < -0.4 is 20.1 Å². The maximum atomic E-state index is 12.5. The monoisotopic (exact) mass is 756 g/mol. The Kier molecular flexibility index (Phi) is 8.89. The molecule has 10 heteroatoms. The fourth-order valence-electron chi connectivity index (χ4n) is 9.60. The van der Waals surface area contributed by atoms with Crippen LogP contribution in [0, 0.1) is 13.8 Å². The average molecular weight is 757 g/mol. The molecule has 0 aromatic heterocycles. The predicted molar refractivity (Wildman–Crippen MR) is 220 cm³/mol. The number of phenols is 6. The molecule has 0 saturated heterocycles. The van der Waals surface area contributed by atoms with Gasteiger partial charge in [0.05, 0.1) is 25.0 Å². The van der Waals surface area contributed by atoms with Crippen molar-refractivity contribution < 1.29 is 40.1 Å². The van der Waals surface area contributed by atoms with E-state index in [1.807, 2.05) is 52.0 Å². The molecule has 8 N–H and O–H groups in total. The van der Waals surface area contributed by atoms with Crippen molar-refractivity contribution in [3.8, 4) is 79.4 Å². The molecule has 2 aliphatic rings. The van der Waals surface area contributed by atoms with E-state index in [1.54, 1.807) is 12.1 Å². The molecule has 0 saturated carbocycles. The minimum absolute atomic E-state index is 0.0136. The van der Waals surface area contributed by atoms with Gasteiger partial charge in [-0.15, -0.1) is 0 Å². The molecule has 56 heavy (non-hydrogen) atoms. The molecule has 8 rings (SSSR count). The van der Waals surface area contributed by atoms with Crippen LogP contribution in [0.15, 0.2) is 48.5 Å². The van der Waals surface area contributed by atoms with Crippen LogP contribution in [-0.4, -0.2) is 56.9 Å². The number of ether oxygens (including phenoxy) is 2. The molecule has 0 aliphatic carbocycles. The van der Waals surface area contributed by atoms with Crippen LogP contribution in [0.5, 0.6) is 46.0 Å². The van der Waals surface area contributed by atoms with Crippen LogP contribution in [0.4, 0.5) is 0 Å². The zero-order chi connectivity index (χ0) is 40.1. The number of aryl methyl sites for hydroxylation is 2. The lowest BCUT2D eigenvalue weighted by molar-refractivity contribution is 0.401. The number of methoxy groups -OCH3 is 2. The summed E-state index contributed by atoms with van der Waals surface area (Å²) in [6, 6.07) is 13.4. The predicted octanol–water partition coefficient (Wildman–Crippen LogP) is 9.05. The van der Waals surface area contributed by atoms with Gasteiger partial charge in [-0.3, -0.25) is 0 Å². The van der Waals surface area contributed by atoms with Crippen molar-refractivity contribution in [1.29, 1.82) is 0 Å². The summed E-state index contributed by atoms with van der Waals surface area (Å²) >= 11 is 0. The highest BCUT2D eigenvalue weighted by molar-refractivity contribution is 6.13. The largest absolute Gasteiger partial charge is 0.507 e. The summed E-state index contributed by atoms with van der Waals surface area (Å²) in [5, 5.41) is 79.7. The van der Waals surface area contributed by atoms with Crippen molar-refractivity contribution in [2.45, 2.75) is 78.6 Å². The van der Waals surface area contributed by atoms with E-state index in [4.69, 9.17) is 9.47 Å². The van der Waals surface area contributed by atoms with Crippen LogP contribution >= 0.6 is 0 Å². The normalized spacial score (nSPS) is 19.2. The second-order valence-electron chi connectivity index (χ2n) is 15.8. The zero-order valence-electron chi connectivity index (χ0n) is 32.8. The maximum Gasteiger partial charge on any atom is 0.135 e. The van der Waals surface area contributed by atoms with Crippen molar-refractivity contribution in [3.05, 3.63) is 81.9 Å². The first-order chi connectivity index (χ1) is 26.6. The van der Waals surface area contributed by atoms with Gasteiger partial charge < -0.3 is 50.7 Å². The Morgan fingerprint density at radius 1 is 0.500 bits per heavy atom. The second kappa shape index (κ2) is 13.4. The molecular weight excluding hydrogens is 709 g/mol. The van der Waals surface area contributed by atoms with Crippen LogP contribution in [0.25, 0.3) is 54.9 Å². The van der Waals surface area contributed by atoms with Gasteiger partial charge in [-0.2, -0.15) is 0 Å². The first kappa shape index (κ1) is 37.1. The summed E-state index contributed by atoms with van der Waals surface area (Å²) in [4.78, 5) is 0. The van der Waals surface area contributed by atoms with Crippen molar-refractivity contribution in [3.63, 3.8) is 0 Å². The lowest BCUT2D eigenvalue weighted by Gasteiger charge is -2.32. The number of hydrogen-bond donors (Lipinski definition) is 8. The summed E-state index contributed by atoms with van der Waals surface area (Å²) in [5.41, 5.74) is 7.27. The Morgan fingerprint density at radius 2 is 0.875 bits per heavy atom. The highest BCUT2D eigenvalue weighted by Gasteiger charge is 2.33. The van der Waals surface area contributed by atoms with Crippen molar-refractivity contribution in [2.24, 2.45) is 0 Å². The number of hydrogen-bond acceptors (Lipinski definition) is 10. The number of nitrogens with one attached hydrogen (secondary N) is 2. The quantitative estimate of drug-likeness (QED) is 0.0852. The molecule has 6 aromatic carbocycles. The Morgan fingerprint density at radius 3 is 1.23 bits per heavy atom. The van der Waals surface area contributed by atoms with Crippen molar-refractivity contribution in [1.82, 2.24) is 10.6 Å². The average Bonchev–Trinajstić information content (AvgIpc) is 3.11. The first-order valence-electron chi connectivity index (χ1n) is 19.0. The number of benzene rings is 6. The summed E-state index contributed by atoms with van der Waals surface area (Å²) in [6.45, 7) is 11.9. The molecule has 0 amide bonds. The third kappa shape index (κ3) is 5.61. The van der Waals surface area contributed by atoms with Gasteiger partial charge in [-0.05, 0) is 123 Å². The molecule has 2 aliphatic heterocycles. The number of phenolic OH excluding ortho intramolecular Hbond substituents is 6. The van der Waals surface area contributed by atoms with Gasteiger partial charge >= 0.3 is 0 Å². The highest BCUT2D eigenvalue weighted by Crippen LogP contribution is 2.56. The smallest absolute Gasteiger partial charge is 0.135 e. The van der Waals surface area contributed by atoms with Crippen LogP contribution in [0.1, 0.15) is 73.2 Å². The Bertz CT molecular complexity index is 2450. The van der Waals surface area contributed by atoms with Gasteiger partial charge in [0.15, 0.2) is 0 Å². The zero-order valence-corrected chi connectivity index (χ0v) is 32.8. The van der Waals surface area contributed by atoms with Gasteiger partial charge in [0, 0.05) is 69.7 Å². The molecule has 290 valence electrons. The van der Waals surface area contributed by atoms with Gasteiger partial charge in [0.25, 0.3) is 0 Å². The van der Waals surface area contributed by atoms with Gasteiger partial charge in [-0.1, -0.05) is 12.1 Å². The van der Waals surface area contributed by atoms with E-state index in [2.05, 4.69) is 24.5 Å². The topological polar surface area (TPSA) is 164 Å². The number of rotatable bonds is 5. The summed E-state index contributed by atoms with van der Waals surface area (Å²) in [5.74, 6) is 0.187. The van der Waals surface area contributed by atoms with E-state index in [0.717, 1.165) is 22.3 Å². The lowest BCUT2D eigenvalue weighted by Crippen LogP contribution is -2.36. The van der Waals surface area contributed by atoms with E-state index in [1.165, 1.54) is 26.4 Å². The fraction of sp³-hybridized carbons (Fsp3) is 0.304. The Balaban J connectivity index is 1.55. The molecular formula is C46H48N2O8. The SMILES string of the molecule is COc1cc(C)cc2c(-c3c(O)cc(O)c4c3C[C@H](C)N[C@H]4C)cc(-c3cc(-c4c(O)cc(O)c5c4C[C@@H](C)N[C@@H]5C)c4cc(C)cc(OC)c4c3O)c(O)c12. The summed E-state index contributed by atoms with van der Waals surface area (Å²) in [6.07, 6.45) is 1.02. The molecule has 0 unspecified atom stereocenters. The van der Waals surface area contributed by atoms with Gasteiger partial charge in [0.1, 0.15) is 46.0 Å². The molecule has 6 aromatic rings. The van der Waals surface area contributed by atoms with E-state index in [9.17, 15) is 30.6 Å². The van der Waals surface area contributed by atoms with Crippen LogP contribution in [0.3, 0.4) is 0 Å². The third-order valence-corrected chi connectivity index (χ3v) is 11.7. The standard InChI is InChI=1S/C46H48N2O8/c1-19-9-25-27(41-31-13-21(3)47-23(5)39(31)33(49)17-35(41)51)15-29(45(53)43(25)37(11-19)55-7)30-16-28(26-10-20(2)12-38(56-8)44(26)46(30)54)42-32-14-22(4)48-24(6)40(32)34(50)18-36(42)52/h9-12,15-18,21-24,47-54H,13-14H2,1-8H3/t21-,22+,23-,24+. The minimum atomic E-state index is -0.209. The molecule has 4 atom stereocenters. The molecule has 10 nitrogen and oxygen atoms in total. The molecule has 2 heterocycles. The lowest BCUT2D eigenvalue weighted by atomic mass is 9.80. The third-order valence-electron chi connectivity index (χ3n) is 11.7. The number of aromatic hydroxyl groups is 6. The van der Waals surface area contributed by atoms with E-state index in [0.29, 0.717) is 79.3 Å². The van der Waals surface area contributed by atoms with Gasteiger partial charge in [0.2, 0.25) is 0 Å². The Hall–Kier alpha value is -5.84. The van der Waals surface area contributed by atoms with E-state index < -0.39 is 0 Å². The van der Waals surface area contributed by atoms with Gasteiger partial charge in [-0.25, -0.2) is 0 Å². The number of fused-ring (bicyclic) bond motifs is 4. The molecule has 0 bridgehead atoms. The fourth-order valence-corrected chi connectivity index (χ4v) is 9.60. The first-order valence-corrected chi connectivity index (χ1v) is 19.0. The van der Waals surface area contributed by atoms with E-state index >= 15 is 0 Å². The Labute approximate surface area is 325 Å². The highest BCUT2D eigenvalue weighted by atomic mass is 16.5. The minimum Gasteiger partial charge on any atom is -0.507 e. The molecule has 0 radical (unpaired) electrons. The molecule has 0 spiro atoms. The summed E-state index contributed by atoms with van der Waals surface area (Å²) in [7, 11) is 3.06. The molecule has 0 fully saturated rings.